The largest absolute Gasteiger partial charge is 0.378 e. The number of amides is 1. The Balaban J connectivity index is 1.37. The number of ether oxygens (including phenoxy) is 1. The number of carbonyl (C=O) groups is 1. The van der Waals surface area contributed by atoms with Crippen LogP contribution in [0.5, 0.6) is 0 Å². The predicted octanol–water partition coefficient (Wildman–Crippen LogP) is 4.26. The van der Waals surface area contributed by atoms with Gasteiger partial charge >= 0.3 is 0 Å². The fourth-order valence-corrected chi connectivity index (χ4v) is 3.61. The van der Waals surface area contributed by atoms with Crippen LogP contribution in [0.1, 0.15) is 36.0 Å². The molecule has 0 bridgehead atoms. The summed E-state index contributed by atoms with van der Waals surface area (Å²) >= 11 is 0. The molecule has 0 saturated carbocycles. The lowest BCUT2D eigenvalue weighted by Crippen LogP contribution is -2.28. The number of aromatic amines is 1. The van der Waals surface area contributed by atoms with E-state index in [4.69, 9.17) is 4.74 Å². The Hall–Kier alpha value is -2.66. The van der Waals surface area contributed by atoms with Crippen molar-refractivity contribution in [3.63, 3.8) is 0 Å². The van der Waals surface area contributed by atoms with Gasteiger partial charge in [0.2, 0.25) is 0 Å². The maximum Gasteiger partial charge on any atom is 0.253 e. The van der Waals surface area contributed by atoms with Gasteiger partial charge in [-0.05, 0) is 49.9 Å². The quantitative estimate of drug-likeness (QED) is 0.712. The Bertz CT molecular complexity index is 878. The first-order valence-corrected chi connectivity index (χ1v) is 9.63. The molecule has 1 atom stereocenters. The lowest BCUT2D eigenvalue weighted by Gasteiger charge is -2.18. The highest BCUT2D eigenvalue weighted by molar-refractivity contribution is 5.94. The van der Waals surface area contributed by atoms with Gasteiger partial charge in [0, 0.05) is 31.3 Å². The Labute approximate surface area is 159 Å². The summed E-state index contributed by atoms with van der Waals surface area (Å²) in [6.07, 6.45) is 4.71. The van der Waals surface area contributed by atoms with Crippen LogP contribution in [0.2, 0.25) is 0 Å². The highest BCUT2D eigenvalue weighted by Crippen LogP contribution is 2.21. The van der Waals surface area contributed by atoms with Gasteiger partial charge in [-0.3, -0.25) is 4.79 Å². The van der Waals surface area contributed by atoms with Gasteiger partial charge in [0.15, 0.2) is 0 Å². The zero-order valence-electron chi connectivity index (χ0n) is 15.6. The molecule has 5 heteroatoms. The summed E-state index contributed by atoms with van der Waals surface area (Å²) in [5.41, 5.74) is 3.63. The van der Waals surface area contributed by atoms with E-state index in [-0.39, 0.29) is 5.91 Å². The molecule has 1 aromatic heterocycles. The molecular weight excluding hydrogens is 338 g/mol. The second-order valence-electron chi connectivity index (χ2n) is 7.18. The van der Waals surface area contributed by atoms with Crippen LogP contribution in [-0.2, 0) is 4.74 Å². The van der Waals surface area contributed by atoms with Crippen molar-refractivity contribution in [1.82, 2.24) is 14.9 Å². The average Bonchev–Trinajstić information content (AvgIpc) is 3.37. The number of fused-ring (bicyclic) bond motifs is 1. The minimum Gasteiger partial charge on any atom is -0.378 e. The van der Waals surface area contributed by atoms with Crippen molar-refractivity contribution < 1.29 is 9.53 Å². The fourth-order valence-electron chi connectivity index (χ4n) is 3.61. The Morgan fingerprint density at radius 2 is 2.04 bits per heavy atom. The van der Waals surface area contributed by atoms with Gasteiger partial charge in [0.1, 0.15) is 5.82 Å². The van der Waals surface area contributed by atoms with Gasteiger partial charge in [0.25, 0.3) is 5.91 Å². The molecule has 2 heterocycles. The molecule has 3 aromatic rings. The average molecular weight is 363 g/mol. The standard InChI is InChI=1S/C22H25N3O2/c1-25(14-4-6-18-7-5-15-27-18)22(26)17-12-10-16(11-13-17)21-23-19-8-2-3-9-20(19)24-21/h2-3,8-13,18H,4-7,14-15H2,1H3,(H,23,24)/t18-/m1/s1. The van der Waals surface area contributed by atoms with E-state index >= 15 is 0 Å². The maximum atomic E-state index is 12.6. The van der Waals surface area contributed by atoms with Crippen molar-refractivity contribution in [1.29, 1.82) is 0 Å². The molecule has 0 spiro atoms. The number of para-hydroxylation sites is 2. The number of hydrogen-bond acceptors (Lipinski definition) is 3. The van der Waals surface area contributed by atoms with Crippen molar-refractivity contribution in [2.75, 3.05) is 20.2 Å². The van der Waals surface area contributed by atoms with Gasteiger partial charge in [-0.1, -0.05) is 24.3 Å². The van der Waals surface area contributed by atoms with Crippen LogP contribution in [0.25, 0.3) is 22.4 Å². The van der Waals surface area contributed by atoms with E-state index in [0.717, 1.165) is 61.3 Å². The normalized spacial score (nSPS) is 16.7. The first-order chi connectivity index (χ1) is 13.2. The molecule has 0 radical (unpaired) electrons. The van der Waals surface area contributed by atoms with E-state index in [1.165, 1.54) is 0 Å². The molecule has 1 aliphatic heterocycles. The molecule has 1 amide bonds. The number of nitrogens with one attached hydrogen (secondary N) is 1. The Kier molecular flexibility index (Phi) is 5.21. The van der Waals surface area contributed by atoms with Gasteiger partial charge in [0.05, 0.1) is 17.1 Å². The maximum absolute atomic E-state index is 12.6. The van der Waals surface area contributed by atoms with E-state index in [9.17, 15) is 4.79 Å². The molecule has 0 unspecified atom stereocenters. The summed E-state index contributed by atoms with van der Waals surface area (Å²) in [7, 11) is 1.87. The first-order valence-electron chi connectivity index (χ1n) is 9.63. The Morgan fingerprint density at radius 1 is 1.22 bits per heavy atom. The molecule has 2 aromatic carbocycles. The number of nitrogens with zero attached hydrogens (tertiary/aromatic N) is 2. The predicted molar refractivity (Wildman–Crippen MR) is 107 cm³/mol. The number of carbonyl (C=O) groups excluding carboxylic acids is 1. The van der Waals surface area contributed by atoms with Crippen molar-refractivity contribution in [2.45, 2.75) is 31.8 Å². The fraction of sp³-hybridized carbons (Fsp3) is 0.364. The third kappa shape index (κ3) is 4.03. The van der Waals surface area contributed by atoms with Crippen molar-refractivity contribution in [2.24, 2.45) is 0 Å². The molecular formula is C22H25N3O2. The van der Waals surface area contributed by atoms with Crippen molar-refractivity contribution in [3.8, 4) is 11.4 Å². The third-order valence-electron chi connectivity index (χ3n) is 5.18. The van der Waals surface area contributed by atoms with Crippen LogP contribution in [0.15, 0.2) is 48.5 Å². The molecule has 5 nitrogen and oxygen atoms in total. The topological polar surface area (TPSA) is 58.2 Å². The minimum atomic E-state index is 0.0542. The number of benzene rings is 2. The van der Waals surface area contributed by atoms with E-state index < -0.39 is 0 Å². The Morgan fingerprint density at radius 3 is 2.78 bits per heavy atom. The highest BCUT2D eigenvalue weighted by atomic mass is 16.5. The van der Waals surface area contributed by atoms with E-state index in [1.807, 2.05) is 55.6 Å². The molecule has 1 aliphatic rings. The van der Waals surface area contributed by atoms with Crippen LogP contribution < -0.4 is 0 Å². The van der Waals surface area contributed by atoms with Crippen molar-refractivity contribution in [3.05, 3.63) is 54.1 Å². The van der Waals surface area contributed by atoms with Gasteiger partial charge in [-0.15, -0.1) is 0 Å². The number of rotatable bonds is 6. The smallest absolute Gasteiger partial charge is 0.253 e. The number of imidazole rings is 1. The van der Waals surface area contributed by atoms with Crippen molar-refractivity contribution >= 4 is 16.9 Å². The third-order valence-corrected chi connectivity index (χ3v) is 5.18. The number of aromatic nitrogens is 2. The molecule has 27 heavy (non-hydrogen) atoms. The zero-order valence-corrected chi connectivity index (χ0v) is 15.6. The summed E-state index contributed by atoms with van der Waals surface area (Å²) in [6, 6.07) is 15.6. The second-order valence-corrected chi connectivity index (χ2v) is 7.18. The summed E-state index contributed by atoms with van der Waals surface area (Å²) in [5.74, 6) is 0.874. The zero-order chi connectivity index (χ0) is 18.6. The summed E-state index contributed by atoms with van der Waals surface area (Å²) in [6.45, 7) is 1.64. The molecule has 140 valence electrons. The van der Waals surface area contributed by atoms with Gasteiger partial charge in [-0.25, -0.2) is 4.98 Å². The molecule has 0 aliphatic carbocycles. The summed E-state index contributed by atoms with van der Waals surface area (Å²) in [5, 5.41) is 0. The van der Waals surface area contributed by atoms with Crippen LogP contribution >= 0.6 is 0 Å². The van der Waals surface area contributed by atoms with Crippen LogP contribution in [0, 0.1) is 0 Å². The van der Waals surface area contributed by atoms with Gasteiger partial charge in [-0.2, -0.15) is 0 Å². The van der Waals surface area contributed by atoms with Crippen LogP contribution in [0.3, 0.4) is 0 Å². The van der Waals surface area contributed by atoms with Crippen LogP contribution in [0.4, 0.5) is 0 Å². The van der Waals surface area contributed by atoms with Gasteiger partial charge < -0.3 is 14.6 Å². The lowest BCUT2D eigenvalue weighted by molar-refractivity contribution is 0.0763. The van der Waals surface area contributed by atoms with E-state index in [1.54, 1.807) is 4.90 Å². The molecule has 1 N–H and O–H groups in total. The number of H-pyrrole nitrogens is 1. The minimum absolute atomic E-state index is 0.0542. The van der Waals surface area contributed by atoms with E-state index in [0.29, 0.717) is 11.7 Å². The molecule has 4 rings (SSSR count). The van der Waals surface area contributed by atoms with E-state index in [2.05, 4.69) is 9.97 Å². The second kappa shape index (κ2) is 7.92. The molecule has 1 saturated heterocycles. The molecule has 1 fully saturated rings. The summed E-state index contributed by atoms with van der Waals surface area (Å²) in [4.78, 5) is 22.4. The lowest BCUT2D eigenvalue weighted by atomic mass is 10.1. The highest BCUT2D eigenvalue weighted by Gasteiger charge is 2.17. The van der Waals surface area contributed by atoms with Crippen LogP contribution in [-0.4, -0.2) is 47.1 Å². The first kappa shape index (κ1) is 17.7. The summed E-state index contributed by atoms with van der Waals surface area (Å²) < 4.78 is 5.64. The monoisotopic (exact) mass is 363 g/mol. The number of hydrogen-bond donors (Lipinski definition) is 1. The SMILES string of the molecule is CN(CCC[C@@H]1CCCO1)C(=O)c1ccc(-c2nc3ccccc3[nH]2)cc1.